The Morgan fingerprint density at radius 1 is 1.24 bits per heavy atom. The molecule has 2 atom stereocenters. The fourth-order valence-electron chi connectivity index (χ4n) is 2.62. The van der Waals surface area contributed by atoms with Crippen molar-refractivity contribution in [3.63, 3.8) is 0 Å². The van der Waals surface area contributed by atoms with Crippen LogP contribution >= 0.6 is 0 Å². The summed E-state index contributed by atoms with van der Waals surface area (Å²) < 4.78 is 10.6. The third kappa shape index (κ3) is 2.72. The van der Waals surface area contributed by atoms with Crippen LogP contribution in [0.25, 0.3) is 0 Å². The number of rotatable bonds is 4. The van der Waals surface area contributed by atoms with Gasteiger partial charge < -0.3 is 15.2 Å². The first-order valence-corrected chi connectivity index (χ1v) is 6.21. The second kappa shape index (κ2) is 5.41. The molecule has 0 heterocycles. The Balaban J connectivity index is 2.14. The van der Waals surface area contributed by atoms with Gasteiger partial charge in [0.25, 0.3) is 0 Å². The maximum absolute atomic E-state index is 6.11. The minimum absolute atomic E-state index is 0.349. The summed E-state index contributed by atoms with van der Waals surface area (Å²) in [6, 6.07) is 6.36. The van der Waals surface area contributed by atoms with E-state index in [2.05, 4.69) is 6.07 Å². The summed E-state index contributed by atoms with van der Waals surface area (Å²) >= 11 is 0. The zero-order valence-electron chi connectivity index (χ0n) is 10.6. The number of hydrogen-bond donors (Lipinski definition) is 1. The van der Waals surface area contributed by atoms with Gasteiger partial charge in [-0.05, 0) is 36.8 Å². The van der Waals surface area contributed by atoms with Crippen LogP contribution in [0.5, 0.6) is 11.5 Å². The van der Waals surface area contributed by atoms with Crippen LogP contribution in [0.1, 0.15) is 24.8 Å². The zero-order chi connectivity index (χ0) is 12.3. The van der Waals surface area contributed by atoms with E-state index in [1.807, 2.05) is 12.1 Å². The second-order valence-electron chi connectivity index (χ2n) is 4.74. The van der Waals surface area contributed by atoms with Crippen molar-refractivity contribution in [2.45, 2.75) is 31.7 Å². The largest absolute Gasteiger partial charge is 0.497 e. The van der Waals surface area contributed by atoms with Crippen LogP contribution in [0.4, 0.5) is 0 Å². The standard InChI is InChI=1S/C14H21NO2/c1-16-12-7-6-11(14(9-12)17-2)8-10-4-3-5-13(10)15/h6-7,9-10,13H,3-5,8,15H2,1-2H3. The van der Waals surface area contributed by atoms with Crippen molar-refractivity contribution >= 4 is 0 Å². The lowest BCUT2D eigenvalue weighted by Crippen LogP contribution is -2.26. The zero-order valence-corrected chi connectivity index (χ0v) is 10.6. The molecule has 2 rings (SSSR count). The van der Waals surface area contributed by atoms with E-state index < -0.39 is 0 Å². The summed E-state index contributed by atoms with van der Waals surface area (Å²) in [7, 11) is 3.37. The van der Waals surface area contributed by atoms with Crippen LogP contribution < -0.4 is 15.2 Å². The molecule has 0 aliphatic heterocycles. The van der Waals surface area contributed by atoms with Crippen molar-refractivity contribution in [2.75, 3.05) is 14.2 Å². The van der Waals surface area contributed by atoms with Gasteiger partial charge in [-0.15, -0.1) is 0 Å². The molecular formula is C14H21NO2. The highest BCUT2D eigenvalue weighted by Crippen LogP contribution is 2.32. The highest BCUT2D eigenvalue weighted by atomic mass is 16.5. The molecule has 3 heteroatoms. The molecule has 0 saturated heterocycles. The number of methoxy groups -OCH3 is 2. The summed E-state index contributed by atoms with van der Waals surface area (Å²) in [5.74, 6) is 2.34. The van der Waals surface area contributed by atoms with Crippen LogP contribution in [0.3, 0.4) is 0 Å². The van der Waals surface area contributed by atoms with Crippen molar-refractivity contribution in [3.05, 3.63) is 23.8 Å². The number of hydrogen-bond acceptors (Lipinski definition) is 3. The van der Waals surface area contributed by atoms with Gasteiger partial charge in [0, 0.05) is 12.1 Å². The molecule has 1 saturated carbocycles. The van der Waals surface area contributed by atoms with Gasteiger partial charge in [-0.25, -0.2) is 0 Å². The maximum atomic E-state index is 6.11. The van der Waals surface area contributed by atoms with Gasteiger partial charge in [0.1, 0.15) is 11.5 Å². The molecular weight excluding hydrogens is 214 g/mol. The van der Waals surface area contributed by atoms with Crippen molar-refractivity contribution in [3.8, 4) is 11.5 Å². The normalized spacial score (nSPS) is 23.7. The molecule has 2 unspecified atom stereocenters. The molecule has 3 nitrogen and oxygen atoms in total. The van der Waals surface area contributed by atoms with Gasteiger partial charge in [-0.1, -0.05) is 12.5 Å². The Morgan fingerprint density at radius 2 is 2.06 bits per heavy atom. The minimum Gasteiger partial charge on any atom is -0.497 e. The van der Waals surface area contributed by atoms with Gasteiger partial charge in [0.05, 0.1) is 14.2 Å². The summed E-state index contributed by atoms with van der Waals surface area (Å²) in [5, 5.41) is 0. The Labute approximate surface area is 103 Å². The number of ether oxygens (including phenoxy) is 2. The molecule has 0 amide bonds. The highest BCUT2D eigenvalue weighted by molar-refractivity contribution is 5.41. The smallest absolute Gasteiger partial charge is 0.125 e. The predicted molar refractivity (Wildman–Crippen MR) is 68.6 cm³/mol. The van der Waals surface area contributed by atoms with E-state index in [4.69, 9.17) is 15.2 Å². The lowest BCUT2D eigenvalue weighted by molar-refractivity contribution is 0.385. The summed E-state index contributed by atoms with van der Waals surface area (Å²) in [4.78, 5) is 0. The van der Waals surface area contributed by atoms with E-state index in [1.54, 1.807) is 14.2 Å². The Morgan fingerprint density at radius 3 is 2.65 bits per heavy atom. The summed E-state index contributed by atoms with van der Waals surface area (Å²) in [5.41, 5.74) is 7.34. The Hall–Kier alpha value is -1.22. The molecule has 2 N–H and O–H groups in total. The van der Waals surface area contributed by atoms with Gasteiger partial charge >= 0.3 is 0 Å². The molecule has 1 fully saturated rings. The molecule has 17 heavy (non-hydrogen) atoms. The van der Waals surface area contributed by atoms with Gasteiger partial charge in [-0.2, -0.15) is 0 Å². The second-order valence-corrected chi connectivity index (χ2v) is 4.74. The Bertz CT molecular complexity index is 378. The quantitative estimate of drug-likeness (QED) is 0.871. The van der Waals surface area contributed by atoms with Crippen molar-refractivity contribution in [1.29, 1.82) is 0 Å². The highest BCUT2D eigenvalue weighted by Gasteiger charge is 2.24. The third-order valence-electron chi connectivity index (χ3n) is 3.69. The minimum atomic E-state index is 0.349. The molecule has 1 aliphatic rings. The lowest BCUT2D eigenvalue weighted by Gasteiger charge is -2.17. The third-order valence-corrected chi connectivity index (χ3v) is 3.69. The molecule has 0 bridgehead atoms. The topological polar surface area (TPSA) is 44.5 Å². The van der Waals surface area contributed by atoms with E-state index in [9.17, 15) is 0 Å². The maximum Gasteiger partial charge on any atom is 0.125 e. The number of benzene rings is 1. The molecule has 0 aromatic heterocycles. The average molecular weight is 235 g/mol. The van der Waals surface area contributed by atoms with Gasteiger partial charge in [-0.3, -0.25) is 0 Å². The van der Waals surface area contributed by atoms with Gasteiger partial charge in [0.2, 0.25) is 0 Å². The van der Waals surface area contributed by atoms with E-state index in [0.29, 0.717) is 12.0 Å². The monoisotopic (exact) mass is 235 g/mol. The van der Waals surface area contributed by atoms with Crippen LogP contribution in [0.15, 0.2) is 18.2 Å². The van der Waals surface area contributed by atoms with Crippen LogP contribution in [-0.2, 0) is 6.42 Å². The summed E-state index contributed by atoms with van der Waals surface area (Å²) in [6.07, 6.45) is 4.65. The first-order valence-electron chi connectivity index (χ1n) is 6.21. The van der Waals surface area contributed by atoms with E-state index >= 15 is 0 Å². The van der Waals surface area contributed by atoms with Crippen molar-refractivity contribution < 1.29 is 9.47 Å². The Kier molecular flexibility index (Phi) is 3.89. The fraction of sp³-hybridized carbons (Fsp3) is 0.571. The molecule has 1 aromatic carbocycles. The number of nitrogens with two attached hydrogens (primary N) is 1. The predicted octanol–water partition coefficient (Wildman–Crippen LogP) is 2.37. The molecule has 0 spiro atoms. The van der Waals surface area contributed by atoms with E-state index in [0.717, 1.165) is 24.3 Å². The summed E-state index contributed by atoms with van der Waals surface area (Å²) in [6.45, 7) is 0. The molecule has 0 radical (unpaired) electrons. The van der Waals surface area contributed by atoms with Gasteiger partial charge in [0.15, 0.2) is 0 Å². The van der Waals surface area contributed by atoms with Crippen molar-refractivity contribution in [1.82, 2.24) is 0 Å². The first-order chi connectivity index (χ1) is 8.24. The molecule has 94 valence electrons. The first kappa shape index (κ1) is 12.2. The lowest BCUT2D eigenvalue weighted by atomic mass is 9.94. The fourth-order valence-corrected chi connectivity index (χ4v) is 2.62. The molecule has 1 aromatic rings. The van der Waals surface area contributed by atoms with Crippen LogP contribution in [-0.4, -0.2) is 20.3 Å². The molecule has 1 aliphatic carbocycles. The van der Waals surface area contributed by atoms with Crippen LogP contribution in [0.2, 0.25) is 0 Å². The average Bonchev–Trinajstić information content (AvgIpc) is 2.75. The SMILES string of the molecule is COc1ccc(CC2CCCC2N)c(OC)c1. The van der Waals surface area contributed by atoms with Crippen LogP contribution in [0, 0.1) is 5.92 Å². The van der Waals surface area contributed by atoms with Crippen molar-refractivity contribution in [2.24, 2.45) is 11.7 Å². The van der Waals surface area contributed by atoms with E-state index in [1.165, 1.54) is 18.4 Å². The van der Waals surface area contributed by atoms with E-state index in [-0.39, 0.29) is 0 Å².